The van der Waals surface area contributed by atoms with Crippen molar-refractivity contribution in [2.75, 3.05) is 11.9 Å². The highest BCUT2D eigenvalue weighted by Crippen LogP contribution is 2.27. The number of anilines is 1. The number of rotatable bonds is 5. The van der Waals surface area contributed by atoms with E-state index in [1.54, 1.807) is 24.7 Å². The quantitative estimate of drug-likeness (QED) is 0.509. The molecule has 2 aromatic heterocycles. The van der Waals surface area contributed by atoms with Gasteiger partial charge in [-0.3, -0.25) is 24.5 Å². The second-order valence-electron chi connectivity index (χ2n) is 6.11. The van der Waals surface area contributed by atoms with Gasteiger partial charge in [-0.1, -0.05) is 18.2 Å². The molecule has 0 N–H and O–H groups in total. The molecule has 0 spiro atoms. The van der Waals surface area contributed by atoms with Crippen molar-refractivity contribution in [3.8, 4) is 5.69 Å². The summed E-state index contributed by atoms with van der Waals surface area (Å²) in [6.07, 6.45) is 0. The number of carbonyl (C=O) groups excluding carboxylic acids is 1. The Morgan fingerprint density at radius 1 is 1.22 bits per heavy atom. The molecule has 9 nitrogen and oxygen atoms in total. The zero-order valence-electron chi connectivity index (χ0n) is 15.6. The average molecular weight is 368 g/mol. The maximum atomic E-state index is 13.2. The SMILES string of the molecule is CCn1nc(C)c([N+](=O)[O-])c1C(=O)N(C)c1cc(C)nn1-c1ccccc1. The maximum Gasteiger partial charge on any atom is 0.322 e. The van der Waals surface area contributed by atoms with Crippen LogP contribution in [0.15, 0.2) is 36.4 Å². The first-order valence-corrected chi connectivity index (χ1v) is 8.47. The van der Waals surface area contributed by atoms with Crippen molar-refractivity contribution in [3.63, 3.8) is 0 Å². The molecular weight excluding hydrogens is 348 g/mol. The Kier molecular flexibility index (Phi) is 4.76. The molecule has 9 heteroatoms. The number of carbonyl (C=O) groups is 1. The molecule has 1 aromatic carbocycles. The van der Waals surface area contributed by atoms with E-state index in [0.717, 1.165) is 11.4 Å². The van der Waals surface area contributed by atoms with Crippen LogP contribution in [0.25, 0.3) is 5.69 Å². The van der Waals surface area contributed by atoms with Gasteiger partial charge in [0.25, 0.3) is 5.91 Å². The second kappa shape index (κ2) is 7.02. The van der Waals surface area contributed by atoms with Gasteiger partial charge in [0.1, 0.15) is 11.5 Å². The molecule has 0 aliphatic carbocycles. The standard InChI is InChI=1S/C18H20N6O3/c1-5-22-17(16(24(26)27)13(3)20-22)18(25)21(4)15-11-12(2)19-23(15)14-9-7-6-8-10-14/h6-11H,5H2,1-4H3. The lowest BCUT2D eigenvalue weighted by atomic mass is 10.2. The van der Waals surface area contributed by atoms with Crippen molar-refractivity contribution in [1.29, 1.82) is 0 Å². The van der Waals surface area contributed by atoms with Gasteiger partial charge in [0.15, 0.2) is 0 Å². The largest absolute Gasteiger partial charge is 0.322 e. The smallest absolute Gasteiger partial charge is 0.294 e. The Bertz CT molecular complexity index is 1010. The molecule has 3 rings (SSSR count). The van der Waals surface area contributed by atoms with Gasteiger partial charge < -0.3 is 0 Å². The molecule has 3 aromatic rings. The van der Waals surface area contributed by atoms with Gasteiger partial charge in [-0.15, -0.1) is 0 Å². The van der Waals surface area contributed by atoms with Crippen LogP contribution in [0.2, 0.25) is 0 Å². The van der Waals surface area contributed by atoms with Crippen molar-refractivity contribution in [1.82, 2.24) is 19.6 Å². The molecule has 0 atom stereocenters. The van der Waals surface area contributed by atoms with Crippen molar-refractivity contribution < 1.29 is 9.72 Å². The first kappa shape index (κ1) is 18.3. The predicted molar refractivity (Wildman–Crippen MR) is 100 cm³/mol. The van der Waals surface area contributed by atoms with E-state index < -0.39 is 10.8 Å². The van der Waals surface area contributed by atoms with Gasteiger partial charge in [-0.2, -0.15) is 10.2 Å². The highest BCUT2D eigenvalue weighted by molar-refractivity contribution is 6.07. The van der Waals surface area contributed by atoms with Gasteiger partial charge in [-0.25, -0.2) is 4.68 Å². The van der Waals surface area contributed by atoms with E-state index >= 15 is 0 Å². The number of amides is 1. The third-order valence-corrected chi connectivity index (χ3v) is 4.24. The molecule has 0 saturated carbocycles. The van der Waals surface area contributed by atoms with Crippen LogP contribution in [0.4, 0.5) is 11.5 Å². The minimum atomic E-state index is -0.560. The minimum Gasteiger partial charge on any atom is -0.294 e. The molecule has 0 radical (unpaired) electrons. The predicted octanol–water partition coefficient (Wildman–Crippen LogP) is 2.89. The van der Waals surface area contributed by atoms with E-state index in [2.05, 4.69) is 10.2 Å². The lowest BCUT2D eigenvalue weighted by Crippen LogP contribution is -2.31. The van der Waals surface area contributed by atoms with Crippen molar-refractivity contribution in [2.24, 2.45) is 0 Å². The molecule has 140 valence electrons. The molecule has 1 amide bonds. The Labute approximate surface area is 156 Å². The first-order chi connectivity index (χ1) is 12.8. The number of nitrogens with zero attached hydrogens (tertiary/aromatic N) is 6. The fourth-order valence-electron chi connectivity index (χ4n) is 2.98. The summed E-state index contributed by atoms with van der Waals surface area (Å²) in [7, 11) is 1.57. The summed E-state index contributed by atoms with van der Waals surface area (Å²) >= 11 is 0. The highest BCUT2D eigenvalue weighted by atomic mass is 16.6. The van der Waals surface area contributed by atoms with Crippen LogP contribution >= 0.6 is 0 Å². The Morgan fingerprint density at radius 2 is 1.89 bits per heavy atom. The summed E-state index contributed by atoms with van der Waals surface area (Å²) < 4.78 is 3.00. The van der Waals surface area contributed by atoms with E-state index in [9.17, 15) is 14.9 Å². The molecule has 0 saturated heterocycles. The number of hydrogen-bond donors (Lipinski definition) is 0. The van der Waals surface area contributed by atoms with E-state index in [1.165, 1.54) is 16.5 Å². The van der Waals surface area contributed by atoms with Gasteiger partial charge in [-0.05, 0) is 32.9 Å². The van der Waals surface area contributed by atoms with E-state index in [-0.39, 0.29) is 17.1 Å². The van der Waals surface area contributed by atoms with E-state index in [1.807, 2.05) is 37.3 Å². The van der Waals surface area contributed by atoms with Crippen LogP contribution in [0.5, 0.6) is 0 Å². The Balaban J connectivity index is 2.10. The van der Waals surface area contributed by atoms with Crippen molar-refractivity contribution >= 4 is 17.4 Å². The summed E-state index contributed by atoms with van der Waals surface area (Å²) in [4.78, 5) is 25.5. The number of aromatic nitrogens is 4. The van der Waals surface area contributed by atoms with Gasteiger partial charge in [0, 0.05) is 19.7 Å². The number of benzene rings is 1. The lowest BCUT2D eigenvalue weighted by molar-refractivity contribution is -0.385. The second-order valence-corrected chi connectivity index (χ2v) is 6.11. The van der Waals surface area contributed by atoms with Crippen LogP contribution in [-0.2, 0) is 6.54 Å². The van der Waals surface area contributed by atoms with Crippen LogP contribution in [0.3, 0.4) is 0 Å². The fourth-order valence-corrected chi connectivity index (χ4v) is 2.98. The number of aryl methyl sites for hydroxylation is 3. The molecule has 2 heterocycles. The molecule has 0 bridgehead atoms. The maximum absolute atomic E-state index is 13.2. The Hall–Kier alpha value is -3.49. The summed E-state index contributed by atoms with van der Waals surface area (Å²) in [6.45, 7) is 5.48. The highest BCUT2D eigenvalue weighted by Gasteiger charge is 2.33. The molecule has 0 unspecified atom stereocenters. The normalized spacial score (nSPS) is 10.8. The lowest BCUT2D eigenvalue weighted by Gasteiger charge is -2.18. The third kappa shape index (κ3) is 3.19. The van der Waals surface area contributed by atoms with Gasteiger partial charge in [0.2, 0.25) is 5.69 Å². The zero-order valence-corrected chi connectivity index (χ0v) is 15.6. The summed E-state index contributed by atoms with van der Waals surface area (Å²) in [6, 6.07) is 11.1. The molecule has 0 aliphatic heterocycles. The summed E-state index contributed by atoms with van der Waals surface area (Å²) in [5.74, 6) is 0.000681. The zero-order chi connectivity index (χ0) is 19.7. The molecular formula is C18H20N6O3. The van der Waals surface area contributed by atoms with Crippen LogP contribution in [0.1, 0.15) is 28.8 Å². The average Bonchev–Trinajstić information content (AvgIpc) is 3.21. The van der Waals surface area contributed by atoms with Gasteiger partial charge in [0.05, 0.1) is 16.3 Å². The van der Waals surface area contributed by atoms with Crippen LogP contribution < -0.4 is 4.90 Å². The Morgan fingerprint density at radius 3 is 2.48 bits per heavy atom. The van der Waals surface area contributed by atoms with Crippen molar-refractivity contribution in [3.05, 3.63) is 63.6 Å². The molecule has 27 heavy (non-hydrogen) atoms. The topological polar surface area (TPSA) is 99.1 Å². The number of nitro groups is 1. The monoisotopic (exact) mass is 368 g/mol. The number of hydrogen-bond acceptors (Lipinski definition) is 5. The van der Waals surface area contributed by atoms with E-state index in [0.29, 0.717) is 12.4 Å². The van der Waals surface area contributed by atoms with E-state index in [4.69, 9.17) is 0 Å². The van der Waals surface area contributed by atoms with Crippen LogP contribution in [-0.4, -0.2) is 37.4 Å². The molecule has 0 fully saturated rings. The van der Waals surface area contributed by atoms with Crippen LogP contribution in [0, 0.1) is 24.0 Å². The summed E-state index contributed by atoms with van der Waals surface area (Å²) in [5.41, 5.74) is 1.42. The minimum absolute atomic E-state index is 0.0408. The summed E-state index contributed by atoms with van der Waals surface area (Å²) in [5, 5.41) is 20.1. The fraction of sp³-hybridized carbons (Fsp3) is 0.278. The third-order valence-electron chi connectivity index (χ3n) is 4.24. The van der Waals surface area contributed by atoms with Gasteiger partial charge >= 0.3 is 5.69 Å². The molecule has 0 aliphatic rings. The van der Waals surface area contributed by atoms with Crippen molar-refractivity contribution in [2.45, 2.75) is 27.3 Å². The number of para-hydroxylation sites is 1. The first-order valence-electron chi connectivity index (χ1n) is 8.47.